The molecule has 0 unspecified atom stereocenters. The van der Waals surface area contributed by atoms with Crippen LogP contribution in [0.5, 0.6) is 0 Å². The summed E-state index contributed by atoms with van der Waals surface area (Å²) in [7, 11) is 0. The van der Waals surface area contributed by atoms with Crippen molar-refractivity contribution in [1.82, 2.24) is 24.8 Å². The summed E-state index contributed by atoms with van der Waals surface area (Å²) in [6.45, 7) is 5.21. The van der Waals surface area contributed by atoms with Crippen LogP contribution < -0.4 is 4.90 Å². The third kappa shape index (κ3) is 3.13. The minimum atomic E-state index is 0.217. The standard InChI is InChI=1S/C27H24N6O3/c1-2-20(19-4-5-28-22(19)3-1)25-30-23-21-10-16(13-33-14-18-11-17(33)15-35-18)12-29-27(21)36-24(23)26(31-25)32-6-8-34-9-7-32/h1-5,10-12,18,28H,6-9,13-15H2/t18-/m1/s1. The fourth-order valence-electron chi connectivity index (χ4n) is 5.56. The summed E-state index contributed by atoms with van der Waals surface area (Å²) < 4.78 is 17.6. The molecule has 7 heterocycles. The quantitative estimate of drug-likeness (QED) is 0.415. The Morgan fingerprint density at radius 2 is 2.03 bits per heavy atom. The molecule has 36 heavy (non-hydrogen) atoms. The average Bonchev–Trinajstić information content (AvgIpc) is 3.72. The number of pyridine rings is 1. The van der Waals surface area contributed by atoms with E-state index in [1.54, 1.807) is 0 Å². The SMILES string of the molecule is C1=C2CO[C@H]1CN2Cc1cnc2oc3c(N4CCOCC4)nc(-c4cccc5[nH]ccc45)nc3c2c1. The normalized spacial score (nSPS) is 19.8. The minimum Gasteiger partial charge on any atom is -0.432 e. The van der Waals surface area contributed by atoms with Gasteiger partial charge in [0.05, 0.1) is 31.3 Å². The van der Waals surface area contributed by atoms with E-state index >= 15 is 0 Å². The van der Waals surface area contributed by atoms with Crippen molar-refractivity contribution < 1.29 is 13.9 Å². The highest BCUT2D eigenvalue weighted by Gasteiger charge is 2.30. The lowest BCUT2D eigenvalue weighted by atomic mass is 10.1. The summed E-state index contributed by atoms with van der Waals surface area (Å²) in [4.78, 5) is 22.7. The maximum Gasteiger partial charge on any atom is 0.229 e. The number of nitrogens with zero attached hydrogens (tertiary/aromatic N) is 5. The molecule has 1 aromatic carbocycles. The fraction of sp³-hybridized carbons (Fsp3) is 0.296. The van der Waals surface area contributed by atoms with Crippen LogP contribution in [0.1, 0.15) is 5.56 Å². The van der Waals surface area contributed by atoms with Crippen LogP contribution in [0.3, 0.4) is 0 Å². The molecule has 0 spiro atoms. The molecule has 2 bridgehead atoms. The number of morpholine rings is 2. The molecule has 9 nitrogen and oxygen atoms in total. The molecule has 1 N–H and O–H groups in total. The number of nitrogens with one attached hydrogen (secondary N) is 1. The number of benzene rings is 1. The number of aromatic nitrogens is 4. The van der Waals surface area contributed by atoms with E-state index in [1.807, 2.05) is 18.5 Å². The van der Waals surface area contributed by atoms with Gasteiger partial charge < -0.3 is 28.7 Å². The van der Waals surface area contributed by atoms with Gasteiger partial charge >= 0.3 is 0 Å². The Hall–Kier alpha value is -3.95. The second kappa shape index (κ2) is 7.78. The predicted octanol–water partition coefficient (Wildman–Crippen LogP) is 3.85. The first kappa shape index (κ1) is 20.3. The van der Waals surface area contributed by atoms with Crippen molar-refractivity contribution in [2.24, 2.45) is 0 Å². The molecule has 180 valence electrons. The first-order valence-corrected chi connectivity index (χ1v) is 12.4. The van der Waals surface area contributed by atoms with Gasteiger partial charge in [-0.15, -0.1) is 0 Å². The maximum atomic E-state index is 6.30. The summed E-state index contributed by atoms with van der Waals surface area (Å²) in [5.41, 5.74) is 6.49. The summed E-state index contributed by atoms with van der Waals surface area (Å²) in [6, 6.07) is 10.4. The van der Waals surface area contributed by atoms with Crippen LogP contribution in [0.4, 0.5) is 5.82 Å². The predicted molar refractivity (Wildman–Crippen MR) is 136 cm³/mol. The van der Waals surface area contributed by atoms with Gasteiger partial charge in [-0.1, -0.05) is 12.1 Å². The smallest absolute Gasteiger partial charge is 0.229 e. The van der Waals surface area contributed by atoms with Gasteiger partial charge in [-0.2, -0.15) is 0 Å². The summed E-state index contributed by atoms with van der Waals surface area (Å²) in [5.74, 6) is 1.48. The molecule has 3 aliphatic heterocycles. The van der Waals surface area contributed by atoms with Gasteiger partial charge in [0.2, 0.25) is 5.71 Å². The van der Waals surface area contributed by atoms with Crippen LogP contribution in [0.25, 0.3) is 44.5 Å². The topological polar surface area (TPSA) is 92.5 Å². The van der Waals surface area contributed by atoms with Crippen LogP contribution in [0.2, 0.25) is 0 Å². The molecule has 1 saturated heterocycles. The molecule has 0 amide bonds. The molecule has 0 saturated carbocycles. The first-order chi connectivity index (χ1) is 17.8. The second-order valence-electron chi connectivity index (χ2n) is 9.58. The maximum absolute atomic E-state index is 6.30. The molecule has 5 aromatic rings. The van der Waals surface area contributed by atoms with Crippen LogP contribution in [0.15, 0.2) is 58.9 Å². The van der Waals surface area contributed by atoms with Crippen LogP contribution in [-0.2, 0) is 16.0 Å². The van der Waals surface area contributed by atoms with E-state index in [4.69, 9.17) is 28.8 Å². The number of ether oxygens (including phenoxy) is 2. The Kier molecular flexibility index (Phi) is 4.38. The van der Waals surface area contributed by atoms with Crippen LogP contribution in [-0.4, -0.2) is 70.4 Å². The number of fused-ring (bicyclic) bond motifs is 5. The number of H-pyrrole nitrogens is 1. The van der Waals surface area contributed by atoms with Crippen molar-refractivity contribution in [3.8, 4) is 11.4 Å². The number of rotatable bonds is 4. The van der Waals surface area contributed by atoms with Gasteiger partial charge in [0, 0.05) is 60.7 Å². The highest BCUT2D eigenvalue weighted by atomic mass is 16.5. The van der Waals surface area contributed by atoms with Crippen molar-refractivity contribution in [2.75, 3.05) is 44.4 Å². The summed E-state index contributed by atoms with van der Waals surface area (Å²) >= 11 is 0. The van der Waals surface area contributed by atoms with E-state index in [2.05, 4.69) is 45.1 Å². The number of hydrogen-bond donors (Lipinski definition) is 1. The van der Waals surface area contributed by atoms with Gasteiger partial charge in [0.1, 0.15) is 5.52 Å². The van der Waals surface area contributed by atoms with Gasteiger partial charge in [-0.25, -0.2) is 15.0 Å². The van der Waals surface area contributed by atoms with E-state index in [9.17, 15) is 0 Å². The molecule has 0 aliphatic carbocycles. The minimum absolute atomic E-state index is 0.217. The largest absolute Gasteiger partial charge is 0.432 e. The van der Waals surface area contributed by atoms with Crippen LogP contribution in [0, 0.1) is 0 Å². The van der Waals surface area contributed by atoms with E-state index < -0.39 is 0 Å². The lowest BCUT2D eigenvalue weighted by Crippen LogP contribution is -2.37. The van der Waals surface area contributed by atoms with Crippen LogP contribution >= 0.6 is 0 Å². The third-order valence-electron chi connectivity index (χ3n) is 7.36. The number of aromatic amines is 1. The van der Waals surface area contributed by atoms with Crippen molar-refractivity contribution in [2.45, 2.75) is 12.6 Å². The van der Waals surface area contributed by atoms with Gasteiger partial charge in [0.15, 0.2) is 17.2 Å². The molecule has 9 heteroatoms. The molecule has 4 aromatic heterocycles. The van der Waals surface area contributed by atoms with E-state index in [-0.39, 0.29) is 6.10 Å². The molecule has 1 atom stereocenters. The fourth-order valence-corrected chi connectivity index (χ4v) is 5.56. The van der Waals surface area contributed by atoms with E-state index in [0.717, 1.165) is 64.9 Å². The zero-order valence-electron chi connectivity index (χ0n) is 19.6. The number of anilines is 1. The monoisotopic (exact) mass is 480 g/mol. The molecular weight excluding hydrogens is 456 g/mol. The summed E-state index contributed by atoms with van der Waals surface area (Å²) in [6.07, 6.45) is 6.29. The zero-order valence-corrected chi connectivity index (χ0v) is 19.6. The van der Waals surface area contributed by atoms with Crippen molar-refractivity contribution in [3.05, 3.63) is 60.1 Å². The zero-order chi connectivity index (χ0) is 23.6. The Balaban J connectivity index is 1.30. The van der Waals surface area contributed by atoms with Gasteiger partial charge in [-0.3, -0.25) is 0 Å². The summed E-state index contributed by atoms with van der Waals surface area (Å²) in [5, 5.41) is 2.01. The molecule has 8 rings (SSSR count). The highest BCUT2D eigenvalue weighted by Crippen LogP contribution is 2.37. The average molecular weight is 481 g/mol. The molecular formula is C27H24N6O3. The van der Waals surface area contributed by atoms with Crippen molar-refractivity contribution in [1.29, 1.82) is 0 Å². The number of hydrogen-bond acceptors (Lipinski definition) is 8. The van der Waals surface area contributed by atoms with E-state index in [1.165, 1.54) is 5.70 Å². The van der Waals surface area contributed by atoms with E-state index in [0.29, 0.717) is 36.9 Å². The molecule has 1 fully saturated rings. The highest BCUT2D eigenvalue weighted by molar-refractivity contribution is 6.06. The van der Waals surface area contributed by atoms with Gasteiger partial charge in [-0.05, 0) is 29.8 Å². The number of furan rings is 1. The Bertz CT molecular complexity index is 1660. The third-order valence-corrected chi connectivity index (χ3v) is 7.36. The molecule has 0 radical (unpaired) electrons. The molecule has 3 aliphatic rings. The first-order valence-electron chi connectivity index (χ1n) is 12.4. The Morgan fingerprint density at radius 1 is 1.08 bits per heavy atom. The van der Waals surface area contributed by atoms with Gasteiger partial charge in [0.25, 0.3) is 0 Å². The Labute approximate surface area is 206 Å². The lowest BCUT2D eigenvalue weighted by Gasteiger charge is -2.27. The van der Waals surface area contributed by atoms with Crippen molar-refractivity contribution in [3.63, 3.8) is 0 Å². The lowest BCUT2D eigenvalue weighted by molar-refractivity contribution is 0.0579. The Morgan fingerprint density at radius 3 is 2.89 bits per heavy atom. The van der Waals surface area contributed by atoms with Crippen molar-refractivity contribution >= 4 is 38.9 Å². The second-order valence-corrected chi connectivity index (χ2v) is 9.58.